The first-order valence-electron chi connectivity index (χ1n) is 8.21. The van der Waals surface area contributed by atoms with Crippen molar-refractivity contribution >= 4 is 18.3 Å². The molecule has 2 rings (SSSR count). The van der Waals surface area contributed by atoms with E-state index in [1.54, 1.807) is 0 Å². The Balaban J connectivity index is 0.00000242. The third-order valence-corrected chi connectivity index (χ3v) is 4.59. The zero-order valence-corrected chi connectivity index (χ0v) is 14.4. The Labute approximate surface area is 140 Å². The summed E-state index contributed by atoms with van der Waals surface area (Å²) >= 11 is 0. The third-order valence-electron chi connectivity index (χ3n) is 4.59. The minimum atomic E-state index is -0.427. The van der Waals surface area contributed by atoms with E-state index in [4.69, 9.17) is 5.73 Å². The molecule has 0 aliphatic heterocycles. The second kappa shape index (κ2) is 9.86. The number of carbonyl (C=O) groups excluding carboxylic acids is 1. The fourth-order valence-corrected chi connectivity index (χ4v) is 3.20. The summed E-state index contributed by atoms with van der Waals surface area (Å²) in [7, 11) is 1.88. The lowest BCUT2D eigenvalue weighted by Crippen LogP contribution is -2.43. The van der Waals surface area contributed by atoms with E-state index in [2.05, 4.69) is 0 Å². The summed E-state index contributed by atoms with van der Waals surface area (Å²) in [5.74, 6) is 0.869. The average Bonchev–Trinajstić information content (AvgIpc) is 2.53. The third kappa shape index (κ3) is 5.98. The van der Waals surface area contributed by atoms with E-state index < -0.39 is 6.04 Å². The Bertz CT molecular complexity index is 432. The summed E-state index contributed by atoms with van der Waals surface area (Å²) in [4.78, 5) is 14.1. The first-order chi connectivity index (χ1) is 10.2. The standard InChI is InChI=1S/C18H28N2O.ClH/c1-20(13-12-15-8-4-2-5-9-15)18(21)17(19)14-16-10-6-3-7-11-16;/h3,6-7,10-11,15,17H,2,4-5,8-9,12-14,19H2,1H3;1H/t17-;/m0./s1. The van der Waals surface area contributed by atoms with Crippen molar-refractivity contribution < 1.29 is 4.79 Å². The second-order valence-corrected chi connectivity index (χ2v) is 6.35. The molecule has 0 heterocycles. The van der Waals surface area contributed by atoms with Gasteiger partial charge in [-0.3, -0.25) is 4.79 Å². The summed E-state index contributed by atoms with van der Waals surface area (Å²) in [5, 5.41) is 0. The van der Waals surface area contributed by atoms with Gasteiger partial charge in [0.15, 0.2) is 0 Å². The topological polar surface area (TPSA) is 46.3 Å². The van der Waals surface area contributed by atoms with Crippen molar-refractivity contribution in [2.75, 3.05) is 13.6 Å². The van der Waals surface area contributed by atoms with Gasteiger partial charge in [-0.15, -0.1) is 12.4 Å². The van der Waals surface area contributed by atoms with Crippen LogP contribution in [-0.2, 0) is 11.2 Å². The summed E-state index contributed by atoms with van der Waals surface area (Å²) in [6.07, 6.45) is 8.50. The number of halogens is 1. The number of hydrogen-bond donors (Lipinski definition) is 1. The Kier molecular flexibility index (Phi) is 8.51. The summed E-state index contributed by atoms with van der Waals surface area (Å²) in [6, 6.07) is 9.57. The van der Waals surface area contributed by atoms with Crippen LogP contribution in [0.3, 0.4) is 0 Å². The van der Waals surface area contributed by atoms with Crippen LogP contribution in [-0.4, -0.2) is 30.4 Å². The predicted molar refractivity (Wildman–Crippen MR) is 94.2 cm³/mol. The normalized spacial score (nSPS) is 16.6. The van der Waals surface area contributed by atoms with Crippen molar-refractivity contribution in [2.45, 2.75) is 51.0 Å². The molecule has 0 bridgehead atoms. The fourth-order valence-electron chi connectivity index (χ4n) is 3.20. The van der Waals surface area contributed by atoms with Gasteiger partial charge in [0.05, 0.1) is 6.04 Å². The van der Waals surface area contributed by atoms with Crippen LogP contribution >= 0.6 is 12.4 Å². The molecule has 3 nitrogen and oxygen atoms in total. The molecule has 1 fully saturated rings. The molecule has 1 aliphatic rings. The number of amides is 1. The van der Waals surface area contributed by atoms with Crippen molar-refractivity contribution in [1.29, 1.82) is 0 Å². The minimum absolute atomic E-state index is 0. The molecule has 2 N–H and O–H groups in total. The van der Waals surface area contributed by atoms with Crippen molar-refractivity contribution in [3.63, 3.8) is 0 Å². The number of nitrogens with zero attached hydrogens (tertiary/aromatic N) is 1. The lowest BCUT2D eigenvalue weighted by molar-refractivity contribution is -0.131. The number of carbonyl (C=O) groups is 1. The highest BCUT2D eigenvalue weighted by Gasteiger charge is 2.20. The Morgan fingerprint density at radius 2 is 1.86 bits per heavy atom. The molecule has 0 spiro atoms. The van der Waals surface area contributed by atoms with E-state index in [-0.39, 0.29) is 18.3 Å². The molecule has 1 amide bonds. The SMILES string of the molecule is CN(CCC1CCCCC1)C(=O)[C@@H](N)Cc1ccccc1.Cl. The first kappa shape index (κ1) is 19.0. The van der Waals surface area contributed by atoms with Crippen molar-refractivity contribution in [1.82, 2.24) is 4.90 Å². The molecular weight excluding hydrogens is 296 g/mol. The highest BCUT2D eigenvalue weighted by Crippen LogP contribution is 2.26. The Morgan fingerprint density at radius 3 is 2.50 bits per heavy atom. The summed E-state index contributed by atoms with van der Waals surface area (Å²) in [6.45, 7) is 0.839. The van der Waals surface area contributed by atoms with Gasteiger partial charge in [-0.1, -0.05) is 62.4 Å². The van der Waals surface area contributed by atoms with Gasteiger partial charge < -0.3 is 10.6 Å². The maximum atomic E-state index is 12.3. The van der Waals surface area contributed by atoms with Gasteiger partial charge in [-0.25, -0.2) is 0 Å². The molecule has 0 unspecified atom stereocenters. The Hall–Kier alpha value is -1.06. The fraction of sp³-hybridized carbons (Fsp3) is 0.611. The van der Waals surface area contributed by atoms with Gasteiger partial charge in [0, 0.05) is 13.6 Å². The smallest absolute Gasteiger partial charge is 0.239 e. The minimum Gasteiger partial charge on any atom is -0.344 e. The summed E-state index contributed by atoms with van der Waals surface area (Å²) in [5.41, 5.74) is 7.19. The quantitative estimate of drug-likeness (QED) is 0.871. The maximum Gasteiger partial charge on any atom is 0.239 e. The van der Waals surface area contributed by atoms with Crippen LogP contribution in [0.15, 0.2) is 30.3 Å². The molecular formula is C18H29ClN2O. The van der Waals surface area contributed by atoms with Crippen LogP contribution in [0.2, 0.25) is 0 Å². The van der Waals surface area contributed by atoms with Gasteiger partial charge in [-0.2, -0.15) is 0 Å². The van der Waals surface area contributed by atoms with Crippen molar-refractivity contribution in [3.05, 3.63) is 35.9 Å². The van der Waals surface area contributed by atoms with E-state index in [0.717, 1.165) is 24.4 Å². The van der Waals surface area contributed by atoms with Crippen LogP contribution < -0.4 is 5.73 Å². The molecule has 1 aromatic rings. The van der Waals surface area contributed by atoms with E-state index in [1.807, 2.05) is 42.3 Å². The van der Waals surface area contributed by atoms with Crippen LogP contribution in [0.25, 0.3) is 0 Å². The molecule has 4 heteroatoms. The van der Waals surface area contributed by atoms with Crippen LogP contribution in [0.1, 0.15) is 44.1 Å². The Morgan fingerprint density at radius 1 is 1.23 bits per heavy atom. The first-order valence-corrected chi connectivity index (χ1v) is 8.21. The highest BCUT2D eigenvalue weighted by atomic mass is 35.5. The lowest BCUT2D eigenvalue weighted by atomic mass is 9.87. The molecule has 1 atom stereocenters. The highest BCUT2D eigenvalue weighted by molar-refractivity contribution is 5.85. The van der Waals surface area contributed by atoms with E-state index >= 15 is 0 Å². The maximum absolute atomic E-state index is 12.3. The molecule has 0 saturated heterocycles. The number of benzene rings is 1. The summed E-state index contributed by atoms with van der Waals surface area (Å²) < 4.78 is 0. The molecule has 1 aromatic carbocycles. The van der Waals surface area contributed by atoms with E-state index in [0.29, 0.717) is 6.42 Å². The van der Waals surface area contributed by atoms with Gasteiger partial charge in [0.2, 0.25) is 5.91 Å². The average molecular weight is 325 g/mol. The molecule has 22 heavy (non-hydrogen) atoms. The van der Waals surface area contributed by atoms with Gasteiger partial charge >= 0.3 is 0 Å². The van der Waals surface area contributed by atoms with Gasteiger partial charge in [0.25, 0.3) is 0 Å². The number of hydrogen-bond acceptors (Lipinski definition) is 2. The van der Waals surface area contributed by atoms with E-state index in [1.165, 1.54) is 32.1 Å². The van der Waals surface area contributed by atoms with Crippen molar-refractivity contribution in [2.24, 2.45) is 11.7 Å². The van der Waals surface area contributed by atoms with Crippen LogP contribution in [0, 0.1) is 5.92 Å². The number of likely N-dealkylation sites (N-methyl/N-ethyl adjacent to an activating group) is 1. The molecule has 1 saturated carbocycles. The van der Waals surface area contributed by atoms with Crippen LogP contribution in [0.4, 0.5) is 0 Å². The zero-order valence-electron chi connectivity index (χ0n) is 13.5. The van der Waals surface area contributed by atoms with Gasteiger partial charge in [0.1, 0.15) is 0 Å². The monoisotopic (exact) mass is 324 g/mol. The second-order valence-electron chi connectivity index (χ2n) is 6.35. The van der Waals surface area contributed by atoms with Gasteiger partial charge in [-0.05, 0) is 24.3 Å². The van der Waals surface area contributed by atoms with Crippen molar-refractivity contribution in [3.8, 4) is 0 Å². The molecule has 1 aliphatic carbocycles. The molecule has 124 valence electrons. The predicted octanol–water partition coefficient (Wildman–Crippen LogP) is 3.41. The molecule has 0 aromatic heterocycles. The lowest BCUT2D eigenvalue weighted by Gasteiger charge is -2.26. The molecule has 0 radical (unpaired) electrons. The zero-order chi connectivity index (χ0) is 15.1. The largest absolute Gasteiger partial charge is 0.344 e. The number of rotatable bonds is 6. The van der Waals surface area contributed by atoms with Crippen LogP contribution in [0.5, 0.6) is 0 Å². The van der Waals surface area contributed by atoms with E-state index in [9.17, 15) is 4.79 Å². The number of nitrogens with two attached hydrogens (primary N) is 1.